The molecule has 3 rings (SSSR count). The number of alkyl halides is 3. The summed E-state index contributed by atoms with van der Waals surface area (Å²) < 4.78 is 80.5. The van der Waals surface area contributed by atoms with Crippen molar-refractivity contribution < 1.29 is 31.1 Å². The molecule has 30 heavy (non-hydrogen) atoms. The van der Waals surface area contributed by atoms with Gasteiger partial charge in [0, 0.05) is 36.8 Å². The highest BCUT2D eigenvalue weighted by atomic mass is 35.5. The number of fused-ring (bicyclic) bond motifs is 1. The van der Waals surface area contributed by atoms with Crippen LogP contribution < -0.4 is 5.73 Å². The van der Waals surface area contributed by atoms with Crippen LogP contribution in [0.25, 0.3) is 0 Å². The average Bonchev–Trinajstić information content (AvgIpc) is 3.04. The Hall–Kier alpha value is -2.20. The van der Waals surface area contributed by atoms with E-state index in [1.807, 2.05) is 0 Å². The number of carbonyl (C=O) groups excluding carboxylic acids is 1. The standard InChI is InChI=1S/C19H19F6N3O.ClH/c1-10-8-27(9-13-2-3-17(28(10)13)19(23,24)25)18(29)6-12(26)4-11-5-15(21)16(22)7-14(11)20;/h2-3,5,7,10,12H,4,6,8-9,26H2,1H3;1H/t10-,12-;/m1./s1. The summed E-state index contributed by atoms with van der Waals surface area (Å²) in [5.74, 6) is -3.91. The second kappa shape index (κ2) is 8.89. The van der Waals surface area contributed by atoms with Gasteiger partial charge in [0.1, 0.15) is 11.5 Å². The minimum absolute atomic E-state index is 0. The molecule has 0 unspecified atom stereocenters. The first kappa shape index (κ1) is 24.1. The van der Waals surface area contributed by atoms with Gasteiger partial charge in [-0.25, -0.2) is 13.2 Å². The zero-order valence-electron chi connectivity index (χ0n) is 15.8. The summed E-state index contributed by atoms with van der Waals surface area (Å²) in [5.41, 5.74) is 5.31. The third kappa shape index (κ3) is 4.92. The SMILES string of the molecule is C[C@@H]1CN(C(=O)C[C@H](N)Cc2cc(F)c(F)cc2F)Cc2ccc(C(F)(F)F)n21.Cl. The van der Waals surface area contributed by atoms with Gasteiger partial charge in [-0.15, -0.1) is 12.4 Å². The quantitative estimate of drug-likeness (QED) is 0.554. The van der Waals surface area contributed by atoms with Crippen LogP contribution >= 0.6 is 12.4 Å². The number of nitrogens with two attached hydrogens (primary N) is 1. The summed E-state index contributed by atoms with van der Waals surface area (Å²) in [6.45, 7) is 1.64. The molecule has 1 aromatic heterocycles. The molecule has 166 valence electrons. The number of halogens is 7. The number of hydrogen-bond donors (Lipinski definition) is 1. The molecule has 2 heterocycles. The molecule has 11 heteroatoms. The molecule has 0 saturated carbocycles. The number of hydrogen-bond acceptors (Lipinski definition) is 2. The van der Waals surface area contributed by atoms with Crippen LogP contribution in [-0.2, 0) is 23.9 Å². The highest BCUT2D eigenvalue weighted by molar-refractivity contribution is 5.85. The van der Waals surface area contributed by atoms with Crippen molar-refractivity contribution in [1.82, 2.24) is 9.47 Å². The van der Waals surface area contributed by atoms with Crippen LogP contribution in [0.1, 0.15) is 36.3 Å². The Morgan fingerprint density at radius 2 is 1.80 bits per heavy atom. The molecule has 1 aliphatic rings. The molecule has 1 aliphatic heterocycles. The van der Waals surface area contributed by atoms with Crippen molar-refractivity contribution in [3.8, 4) is 0 Å². The average molecular weight is 456 g/mol. The van der Waals surface area contributed by atoms with E-state index in [2.05, 4.69) is 0 Å². The first-order valence-corrected chi connectivity index (χ1v) is 8.91. The van der Waals surface area contributed by atoms with Gasteiger partial charge in [0.25, 0.3) is 0 Å². The number of aromatic nitrogens is 1. The Morgan fingerprint density at radius 3 is 2.43 bits per heavy atom. The number of rotatable bonds is 4. The van der Waals surface area contributed by atoms with Crippen molar-refractivity contribution in [1.29, 1.82) is 0 Å². The van der Waals surface area contributed by atoms with E-state index in [0.29, 0.717) is 17.8 Å². The molecular formula is C19H20ClF6N3O. The van der Waals surface area contributed by atoms with Crippen molar-refractivity contribution in [3.63, 3.8) is 0 Å². The molecule has 0 aliphatic carbocycles. The van der Waals surface area contributed by atoms with Crippen molar-refractivity contribution in [3.05, 3.63) is 58.7 Å². The fraction of sp³-hybridized carbons (Fsp3) is 0.421. The number of amides is 1. The predicted molar refractivity (Wildman–Crippen MR) is 99.4 cm³/mol. The largest absolute Gasteiger partial charge is 0.431 e. The summed E-state index contributed by atoms with van der Waals surface area (Å²) in [7, 11) is 0. The van der Waals surface area contributed by atoms with Crippen LogP contribution in [0.15, 0.2) is 24.3 Å². The van der Waals surface area contributed by atoms with Gasteiger partial charge >= 0.3 is 6.18 Å². The van der Waals surface area contributed by atoms with E-state index in [9.17, 15) is 31.1 Å². The minimum atomic E-state index is -4.49. The van der Waals surface area contributed by atoms with Gasteiger partial charge in [0.2, 0.25) is 5.91 Å². The summed E-state index contributed by atoms with van der Waals surface area (Å²) in [5, 5.41) is 0. The van der Waals surface area contributed by atoms with Gasteiger partial charge in [-0.3, -0.25) is 4.79 Å². The van der Waals surface area contributed by atoms with E-state index < -0.39 is 47.3 Å². The van der Waals surface area contributed by atoms with Crippen LogP contribution in [-0.4, -0.2) is 28.0 Å². The lowest BCUT2D eigenvalue weighted by atomic mass is 10.0. The monoisotopic (exact) mass is 455 g/mol. The van der Waals surface area contributed by atoms with Gasteiger partial charge in [-0.05, 0) is 37.1 Å². The molecular weight excluding hydrogens is 436 g/mol. The fourth-order valence-electron chi connectivity index (χ4n) is 3.65. The number of benzene rings is 1. The Balaban J connectivity index is 0.00000320. The third-order valence-electron chi connectivity index (χ3n) is 4.93. The molecule has 1 amide bonds. The normalized spacial score (nSPS) is 17.3. The van der Waals surface area contributed by atoms with E-state index in [1.54, 1.807) is 6.92 Å². The lowest BCUT2D eigenvalue weighted by Crippen LogP contribution is -2.43. The second-order valence-corrected chi connectivity index (χ2v) is 7.23. The molecule has 0 saturated heterocycles. The predicted octanol–water partition coefficient (Wildman–Crippen LogP) is 4.21. The first-order chi connectivity index (χ1) is 13.5. The molecule has 0 fully saturated rings. The second-order valence-electron chi connectivity index (χ2n) is 7.23. The lowest BCUT2D eigenvalue weighted by molar-refractivity contribution is -0.145. The Bertz CT molecular complexity index is 930. The van der Waals surface area contributed by atoms with Gasteiger partial charge in [-0.1, -0.05) is 0 Å². The van der Waals surface area contributed by atoms with Crippen molar-refractivity contribution in [2.24, 2.45) is 5.73 Å². The molecule has 0 spiro atoms. The van der Waals surface area contributed by atoms with E-state index in [4.69, 9.17) is 5.73 Å². The summed E-state index contributed by atoms with van der Waals surface area (Å²) in [6.07, 6.45) is -4.89. The van der Waals surface area contributed by atoms with Gasteiger partial charge in [-0.2, -0.15) is 13.2 Å². The topological polar surface area (TPSA) is 51.3 Å². The molecule has 2 N–H and O–H groups in total. The summed E-state index contributed by atoms with van der Waals surface area (Å²) >= 11 is 0. The number of carbonyl (C=O) groups is 1. The first-order valence-electron chi connectivity index (χ1n) is 8.91. The molecule has 0 radical (unpaired) electrons. The van der Waals surface area contributed by atoms with Gasteiger partial charge in [0.15, 0.2) is 11.6 Å². The van der Waals surface area contributed by atoms with Crippen LogP contribution in [0.5, 0.6) is 0 Å². The lowest BCUT2D eigenvalue weighted by Gasteiger charge is -2.35. The highest BCUT2D eigenvalue weighted by Crippen LogP contribution is 2.35. The summed E-state index contributed by atoms with van der Waals surface area (Å²) in [4.78, 5) is 13.9. The van der Waals surface area contributed by atoms with Crippen molar-refractivity contribution >= 4 is 18.3 Å². The maximum atomic E-state index is 13.7. The molecule has 4 nitrogen and oxygen atoms in total. The van der Waals surface area contributed by atoms with E-state index in [1.165, 1.54) is 15.5 Å². The zero-order valence-corrected chi connectivity index (χ0v) is 16.7. The van der Waals surface area contributed by atoms with Gasteiger partial charge < -0.3 is 15.2 Å². The zero-order chi connectivity index (χ0) is 21.5. The van der Waals surface area contributed by atoms with Crippen molar-refractivity contribution in [2.45, 2.75) is 44.6 Å². The Labute approximate surface area is 175 Å². The maximum Gasteiger partial charge on any atom is 0.431 e. The van der Waals surface area contributed by atoms with E-state index >= 15 is 0 Å². The molecule has 2 aromatic rings. The molecule has 1 aromatic carbocycles. The smallest absolute Gasteiger partial charge is 0.335 e. The van der Waals surface area contributed by atoms with E-state index in [0.717, 1.165) is 6.07 Å². The van der Waals surface area contributed by atoms with Gasteiger partial charge in [0.05, 0.1) is 6.54 Å². The third-order valence-corrected chi connectivity index (χ3v) is 4.93. The highest BCUT2D eigenvalue weighted by Gasteiger charge is 2.38. The molecule has 2 atom stereocenters. The van der Waals surface area contributed by atoms with Crippen LogP contribution in [0.4, 0.5) is 26.3 Å². The van der Waals surface area contributed by atoms with Crippen LogP contribution in [0.3, 0.4) is 0 Å². The number of nitrogens with zero attached hydrogens (tertiary/aromatic N) is 2. The fourth-order valence-corrected chi connectivity index (χ4v) is 3.65. The van der Waals surface area contributed by atoms with Crippen molar-refractivity contribution in [2.75, 3.05) is 6.54 Å². The summed E-state index contributed by atoms with van der Waals surface area (Å²) in [6, 6.07) is 1.97. The van der Waals surface area contributed by atoms with Crippen LogP contribution in [0, 0.1) is 17.5 Å². The Kier molecular flexibility index (Phi) is 7.13. The van der Waals surface area contributed by atoms with E-state index in [-0.39, 0.29) is 43.9 Å². The Morgan fingerprint density at radius 1 is 1.17 bits per heavy atom. The maximum absolute atomic E-state index is 13.7. The van der Waals surface area contributed by atoms with Crippen LogP contribution in [0.2, 0.25) is 0 Å². The molecule has 0 bridgehead atoms. The minimum Gasteiger partial charge on any atom is -0.335 e.